The van der Waals surface area contributed by atoms with Gasteiger partial charge >= 0.3 is 0 Å². The minimum Gasteiger partial charge on any atom is -0.493 e. The van der Waals surface area contributed by atoms with Crippen LogP contribution in [0.2, 0.25) is 0 Å². The summed E-state index contributed by atoms with van der Waals surface area (Å²) in [6.07, 6.45) is 3.90. The fourth-order valence-electron chi connectivity index (χ4n) is 5.05. The smallest absolute Gasteiger partial charge is 0.153 e. The zero-order valence-electron chi connectivity index (χ0n) is 21.9. The van der Waals surface area contributed by atoms with E-state index < -0.39 is 7.26 Å². The molecule has 4 heteroatoms. The summed E-state index contributed by atoms with van der Waals surface area (Å²) < 4.78 is 6.19. The van der Waals surface area contributed by atoms with E-state index in [1.54, 1.807) is 0 Å². The molecule has 0 heterocycles. The SMILES string of the molecule is CCN(CC)c1ccc(C=O)c(OCCCC[P+](c2ccccc2)(c2ccccc2)c2ccccc2)c1. The molecule has 0 bridgehead atoms. The lowest BCUT2D eigenvalue weighted by atomic mass is 10.2. The Kier molecular flexibility index (Phi) is 9.52. The van der Waals surface area contributed by atoms with Gasteiger partial charge in [-0.05, 0) is 75.2 Å². The number of ether oxygens (including phenoxy) is 1. The summed E-state index contributed by atoms with van der Waals surface area (Å²) in [6.45, 7) is 6.70. The van der Waals surface area contributed by atoms with Crippen molar-refractivity contribution in [3.8, 4) is 5.75 Å². The van der Waals surface area contributed by atoms with Gasteiger partial charge in [-0.1, -0.05) is 54.6 Å². The minimum atomic E-state index is -1.83. The van der Waals surface area contributed by atoms with Crippen LogP contribution >= 0.6 is 7.26 Å². The molecule has 0 N–H and O–H groups in total. The van der Waals surface area contributed by atoms with Crippen molar-refractivity contribution in [3.05, 3.63) is 115 Å². The molecule has 0 saturated carbocycles. The number of unbranched alkanes of at least 4 members (excludes halogenated alkanes) is 1. The second kappa shape index (κ2) is 13.2. The van der Waals surface area contributed by atoms with Crippen molar-refractivity contribution >= 4 is 35.1 Å². The maximum atomic E-state index is 11.6. The van der Waals surface area contributed by atoms with Crippen LogP contribution in [0.15, 0.2) is 109 Å². The number of carbonyl (C=O) groups excluding carboxylic acids is 1. The maximum Gasteiger partial charge on any atom is 0.153 e. The van der Waals surface area contributed by atoms with Gasteiger partial charge in [0, 0.05) is 24.8 Å². The molecule has 0 unspecified atom stereocenters. The van der Waals surface area contributed by atoms with E-state index in [0.29, 0.717) is 17.9 Å². The van der Waals surface area contributed by atoms with E-state index in [1.165, 1.54) is 15.9 Å². The van der Waals surface area contributed by atoms with Crippen molar-refractivity contribution in [2.45, 2.75) is 26.7 Å². The first-order valence-corrected chi connectivity index (χ1v) is 15.2. The fourth-order valence-corrected chi connectivity index (χ4v) is 9.46. The average molecular weight is 511 g/mol. The second-order valence-electron chi connectivity index (χ2n) is 9.11. The van der Waals surface area contributed by atoms with Gasteiger partial charge in [0.15, 0.2) is 6.29 Å². The number of rotatable bonds is 13. The molecule has 190 valence electrons. The zero-order valence-corrected chi connectivity index (χ0v) is 22.8. The number of anilines is 1. The molecule has 3 nitrogen and oxygen atoms in total. The zero-order chi connectivity index (χ0) is 25.9. The number of hydrogen-bond acceptors (Lipinski definition) is 3. The van der Waals surface area contributed by atoms with Gasteiger partial charge in [-0.25, -0.2) is 0 Å². The van der Waals surface area contributed by atoms with Gasteiger partial charge in [0.05, 0.1) is 18.3 Å². The van der Waals surface area contributed by atoms with Gasteiger partial charge in [-0.15, -0.1) is 0 Å². The third kappa shape index (κ3) is 6.12. The molecule has 0 aliphatic heterocycles. The van der Waals surface area contributed by atoms with Crippen LogP contribution in [-0.4, -0.2) is 32.1 Å². The lowest BCUT2D eigenvalue weighted by Gasteiger charge is -2.27. The molecule has 4 rings (SSSR count). The molecule has 4 aromatic rings. The van der Waals surface area contributed by atoms with E-state index in [0.717, 1.165) is 44.1 Å². The Morgan fingerprint density at radius 3 is 1.68 bits per heavy atom. The topological polar surface area (TPSA) is 29.5 Å². The van der Waals surface area contributed by atoms with Crippen molar-refractivity contribution in [2.75, 3.05) is 30.8 Å². The van der Waals surface area contributed by atoms with Crippen LogP contribution < -0.4 is 25.6 Å². The summed E-state index contributed by atoms with van der Waals surface area (Å²) in [7, 11) is -1.83. The number of carbonyl (C=O) groups is 1. The molecule has 0 amide bonds. The van der Waals surface area contributed by atoms with Crippen molar-refractivity contribution in [1.29, 1.82) is 0 Å². The van der Waals surface area contributed by atoms with Gasteiger partial charge in [0.25, 0.3) is 0 Å². The lowest BCUT2D eigenvalue weighted by Crippen LogP contribution is -2.33. The fraction of sp³-hybridized carbons (Fsp3) is 0.242. The second-order valence-corrected chi connectivity index (χ2v) is 12.7. The van der Waals surface area contributed by atoms with E-state index in [9.17, 15) is 4.79 Å². The Morgan fingerprint density at radius 1 is 0.703 bits per heavy atom. The van der Waals surface area contributed by atoms with E-state index in [2.05, 4.69) is 110 Å². The van der Waals surface area contributed by atoms with Crippen LogP contribution in [0.3, 0.4) is 0 Å². The summed E-state index contributed by atoms with van der Waals surface area (Å²) >= 11 is 0. The monoisotopic (exact) mass is 510 g/mol. The lowest BCUT2D eigenvalue weighted by molar-refractivity contribution is 0.111. The van der Waals surface area contributed by atoms with Crippen LogP contribution in [0, 0.1) is 0 Å². The highest BCUT2D eigenvalue weighted by atomic mass is 31.2. The van der Waals surface area contributed by atoms with E-state index in [4.69, 9.17) is 4.74 Å². The number of aldehydes is 1. The predicted octanol–water partition coefficient (Wildman–Crippen LogP) is 6.50. The highest BCUT2D eigenvalue weighted by molar-refractivity contribution is 7.95. The molecule has 0 atom stereocenters. The van der Waals surface area contributed by atoms with Gasteiger partial charge < -0.3 is 9.64 Å². The quantitative estimate of drug-likeness (QED) is 0.117. The molecule has 0 aliphatic rings. The first-order valence-electron chi connectivity index (χ1n) is 13.2. The highest BCUT2D eigenvalue weighted by Gasteiger charge is 2.44. The van der Waals surface area contributed by atoms with Crippen molar-refractivity contribution in [3.63, 3.8) is 0 Å². The first-order chi connectivity index (χ1) is 18.2. The van der Waals surface area contributed by atoms with Gasteiger partial charge in [-0.2, -0.15) is 0 Å². The largest absolute Gasteiger partial charge is 0.493 e. The Balaban J connectivity index is 1.55. The van der Waals surface area contributed by atoms with Crippen LogP contribution in [0.4, 0.5) is 5.69 Å². The Morgan fingerprint density at radius 2 is 1.22 bits per heavy atom. The average Bonchev–Trinajstić information content (AvgIpc) is 2.97. The Bertz CT molecular complexity index is 1140. The predicted molar refractivity (Wildman–Crippen MR) is 160 cm³/mol. The van der Waals surface area contributed by atoms with Crippen LogP contribution in [0.1, 0.15) is 37.0 Å². The van der Waals surface area contributed by atoms with Gasteiger partial charge in [0.2, 0.25) is 0 Å². The van der Waals surface area contributed by atoms with Crippen LogP contribution in [-0.2, 0) is 0 Å². The third-order valence-electron chi connectivity index (χ3n) is 6.99. The molecule has 0 saturated heterocycles. The first kappa shape index (κ1) is 26.6. The summed E-state index contributed by atoms with van der Waals surface area (Å²) in [5, 5.41) is 4.22. The van der Waals surface area contributed by atoms with Crippen molar-refractivity contribution < 1.29 is 9.53 Å². The van der Waals surface area contributed by atoms with Gasteiger partial charge in [-0.3, -0.25) is 4.79 Å². The Hall–Kier alpha value is -3.42. The van der Waals surface area contributed by atoms with E-state index >= 15 is 0 Å². The Labute approximate surface area is 222 Å². The standard InChI is InChI=1S/C33H37NO2P/c1-3-34(4-2)29-23-22-28(27-35)33(26-29)36-24-14-15-25-37(30-16-8-5-9-17-30,31-18-10-6-11-19-31)32-20-12-7-13-21-32/h5-13,16-23,26-27H,3-4,14-15,24-25H2,1-2H3/q+1. The molecular formula is C33H37NO2P+. The van der Waals surface area contributed by atoms with Crippen molar-refractivity contribution in [1.82, 2.24) is 0 Å². The number of hydrogen-bond donors (Lipinski definition) is 0. The highest BCUT2D eigenvalue weighted by Crippen LogP contribution is 2.55. The summed E-state index contributed by atoms with van der Waals surface area (Å²) in [4.78, 5) is 13.9. The molecule has 0 aliphatic carbocycles. The van der Waals surface area contributed by atoms with Gasteiger partial charge in [0.1, 0.15) is 28.9 Å². The summed E-state index contributed by atoms with van der Waals surface area (Å²) in [5.74, 6) is 0.676. The molecule has 0 spiro atoms. The minimum absolute atomic E-state index is 0.584. The molecule has 0 radical (unpaired) electrons. The van der Waals surface area contributed by atoms with Crippen LogP contribution in [0.25, 0.3) is 0 Å². The van der Waals surface area contributed by atoms with E-state index in [1.807, 2.05) is 18.2 Å². The summed E-state index contributed by atoms with van der Waals surface area (Å²) in [6, 6.07) is 38.8. The maximum absolute atomic E-state index is 11.6. The van der Waals surface area contributed by atoms with E-state index in [-0.39, 0.29) is 0 Å². The molecular weight excluding hydrogens is 473 g/mol. The number of benzene rings is 4. The van der Waals surface area contributed by atoms with Crippen LogP contribution in [0.5, 0.6) is 5.75 Å². The summed E-state index contributed by atoms with van der Waals surface area (Å²) in [5.41, 5.74) is 1.70. The molecule has 0 aromatic heterocycles. The molecule has 37 heavy (non-hydrogen) atoms. The normalized spacial score (nSPS) is 11.2. The third-order valence-corrected chi connectivity index (χ3v) is 11.5. The molecule has 4 aromatic carbocycles. The number of nitrogens with zero attached hydrogens (tertiary/aromatic N) is 1. The van der Waals surface area contributed by atoms with Crippen molar-refractivity contribution in [2.24, 2.45) is 0 Å². The molecule has 0 fully saturated rings.